The summed E-state index contributed by atoms with van der Waals surface area (Å²) in [7, 11) is 0. The van der Waals surface area contributed by atoms with E-state index in [1.807, 2.05) is 13.0 Å². The zero-order chi connectivity index (χ0) is 29.4. The van der Waals surface area contributed by atoms with Crippen LogP contribution in [0.15, 0.2) is 40.1 Å². The molecular formula is C31H24N2O8. The van der Waals surface area contributed by atoms with Crippen LogP contribution in [-0.4, -0.2) is 55.7 Å². The number of nitrogens with one attached hydrogen (secondary N) is 1. The van der Waals surface area contributed by atoms with Crippen LogP contribution in [0.1, 0.15) is 84.9 Å². The number of hydrogen-bond acceptors (Lipinski definition) is 9. The predicted molar refractivity (Wildman–Crippen MR) is 150 cm³/mol. The topological polar surface area (TPSA) is 174 Å². The Morgan fingerprint density at radius 2 is 1.61 bits per heavy atom. The SMILES string of the molecule is CC=CC=Cc1cc2cc3c(c(O)c2c(=O)[nH]1)C1(CC3)C(=O)c2c(O)c3c(c(O)c2C1=O)C(=O)C(=NCC)CC3=O. The maximum Gasteiger partial charge on any atom is 0.260 e. The minimum atomic E-state index is -2.06. The van der Waals surface area contributed by atoms with Crippen LogP contribution in [0.25, 0.3) is 16.8 Å². The molecule has 0 aliphatic heterocycles. The summed E-state index contributed by atoms with van der Waals surface area (Å²) in [5.74, 6) is -5.68. The molecule has 41 heavy (non-hydrogen) atoms. The van der Waals surface area contributed by atoms with Crippen LogP contribution in [0.5, 0.6) is 17.2 Å². The van der Waals surface area contributed by atoms with Gasteiger partial charge >= 0.3 is 0 Å². The van der Waals surface area contributed by atoms with Gasteiger partial charge in [-0.2, -0.15) is 0 Å². The Balaban J connectivity index is 1.59. The molecule has 0 saturated carbocycles. The van der Waals surface area contributed by atoms with Gasteiger partial charge in [0, 0.05) is 17.8 Å². The number of carbonyl (C=O) groups is 4. The van der Waals surface area contributed by atoms with Crippen LogP contribution in [0.2, 0.25) is 0 Å². The molecule has 3 aliphatic rings. The number of pyridine rings is 1. The summed E-state index contributed by atoms with van der Waals surface area (Å²) in [4.78, 5) is 74.0. The number of H-pyrrole nitrogens is 1. The van der Waals surface area contributed by atoms with Crippen LogP contribution in [0.3, 0.4) is 0 Å². The lowest BCUT2D eigenvalue weighted by Gasteiger charge is -2.22. The van der Waals surface area contributed by atoms with Gasteiger partial charge in [-0.3, -0.25) is 29.0 Å². The summed E-state index contributed by atoms with van der Waals surface area (Å²) in [6.07, 6.45) is 6.64. The van der Waals surface area contributed by atoms with E-state index in [-0.39, 0.29) is 36.0 Å². The van der Waals surface area contributed by atoms with Crippen molar-refractivity contribution in [1.82, 2.24) is 4.98 Å². The highest BCUT2D eigenvalue weighted by atomic mass is 16.3. The number of rotatable bonds is 3. The van der Waals surface area contributed by atoms with E-state index in [1.165, 1.54) is 0 Å². The average Bonchev–Trinajstić information content (AvgIpc) is 3.42. The van der Waals surface area contributed by atoms with Crippen LogP contribution in [0.4, 0.5) is 0 Å². The van der Waals surface area contributed by atoms with E-state index in [0.29, 0.717) is 16.6 Å². The number of allylic oxidation sites excluding steroid dienone is 3. The number of aromatic amines is 1. The smallest absolute Gasteiger partial charge is 0.260 e. The molecule has 1 unspecified atom stereocenters. The molecule has 0 bridgehead atoms. The molecule has 206 valence electrons. The number of aryl methyl sites for hydroxylation is 1. The van der Waals surface area contributed by atoms with E-state index >= 15 is 0 Å². The van der Waals surface area contributed by atoms with Crippen LogP contribution < -0.4 is 5.56 Å². The molecule has 2 aromatic carbocycles. The minimum absolute atomic E-state index is 0.0819. The maximum atomic E-state index is 14.1. The zero-order valence-electron chi connectivity index (χ0n) is 22.1. The van der Waals surface area contributed by atoms with Gasteiger partial charge in [0.25, 0.3) is 5.56 Å². The molecule has 10 heteroatoms. The van der Waals surface area contributed by atoms with E-state index in [9.17, 15) is 39.3 Å². The number of ketones is 4. The Morgan fingerprint density at radius 3 is 2.27 bits per heavy atom. The number of phenolic OH excluding ortho intramolecular Hbond substituents is 3. The molecule has 3 aliphatic carbocycles. The molecule has 0 saturated heterocycles. The molecule has 0 radical (unpaired) electrons. The summed E-state index contributed by atoms with van der Waals surface area (Å²) in [5, 5.41) is 34.0. The predicted octanol–water partition coefficient (Wildman–Crippen LogP) is 3.73. The molecule has 3 aromatic rings. The fraction of sp³-hybridized carbons (Fsp3) is 0.226. The van der Waals surface area contributed by atoms with Crippen molar-refractivity contribution in [2.75, 3.05) is 6.54 Å². The summed E-state index contributed by atoms with van der Waals surface area (Å²) in [6, 6.07) is 3.29. The van der Waals surface area contributed by atoms with E-state index in [0.717, 1.165) is 0 Å². The summed E-state index contributed by atoms with van der Waals surface area (Å²) >= 11 is 0. The molecule has 0 fully saturated rings. The van der Waals surface area contributed by atoms with Crippen LogP contribution in [0, 0.1) is 0 Å². The standard InChI is InChI=1S/C31H24N2O8/c1-3-5-6-7-15-11-14-10-13-8-9-31(23(13)27(38)18(14)30(41)33-15)28(39)21-22(29(31)40)26(37)20-19(25(21)36)17(34)12-16(24(20)35)32-4-2/h3,5-7,10-11,36-38H,4,8-9,12H2,1-2H3,(H,33,41). The van der Waals surface area contributed by atoms with Gasteiger partial charge in [-0.15, -0.1) is 0 Å². The summed E-state index contributed by atoms with van der Waals surface area (Å²) in [6.45, 7) is 3.70. The highest BCUT2D eigenvalue weighted by molar-refractivity contribution is 6.54. The van der Waals surface area contributed by atoms with E-state index in [4.69, 9.17) is 0 Å². The Kier molecular flexibility index (Phi) is 5.70. The van der Waals surface area contributed by atoms with Crippen molar-refractivity contribution in [3.63, 3.8) is 0 Å². The average molecular weight is 553 g/mol. The van der Waals surface area contributed by atoms with Gasteiger partial charge in [-0.05, 0) is 49.8 Å². The van der Waals surface area contributed by atoms with Crippen molar-refractivity contribution < 1.29 is 34.5 Å². The highest BCUT2D eigenvalue weighted by Crippen LogP contribution is 2.57. The Hall–Kier alpha value is -5.12. The molecule has 0 amide bonds. The second-order valence-electron chi connectivity index (χ2n) is 10.3. The van der Waals surface area contributed by atoms with Crippen molar-refractivity contribution in [1.29, 1.82) is 0 Å². The molecule has 1 heterocycles. The van der Waals surface area contributed by atoms with Crippen molar-refractivity contribution in [3.05, 3.63) is 79.8 Å². The van der Waals surface area contributed by atoms with Crippen molar-refractivity contribution in [2.45, 2.75) is 38.5 Å². The van der Waals surface area contributed by atoms with Gasteiger partial charge in [-0.1, -0.05) is 24.3 Å². The maximum absolute atomic E-state index is 14.1. The second kappa shape index (κ2) is 8.95. The normalized spacial score (nSPS) is 20.8. The van der Waals surface area contributed by atoms with Gasteiger partial charge in [0.05, 0.1) is 39.8 Å². The van der Waals surface area contributed by atoms with Gasteiger partial charge in [0.15, 0.2) is 17.3 Å². The lowest BCUT2D eigenvalue weighted by molar-refractivity contribution is 0.0790. The summed E-state index contributed by atoms with van der Waals surface area (Å²) in [5.41, 5.74) is -4.24. The Bertz CT molecular complexity index is 1940. The number of benzene rings is 2. The molecule has 1 aromatic heterocycles. The largest absolute Gasteiger partial charge is 0.507 e. The van der Waals surface area contributed by atoms with E-state index in [2.05, 4.69) is 9.98 Å². The van der Waals surface area contributed by atoms with Crippen LogP contribution in [-0.2, 0) is 11.8 Å². The quantitative estimate of drug-likeness (QED) is 0.216. The first-order valence-corrected chi connectivity index (χ1v) is 13.1. The Morgan fingerprint density at radius 1 is 0.927 bits per heavy atom. The number of carbonyl (C=O) groups excluding carboxylic acids is 4. The second-order valence-corrected chi connectivity index (χ2v) is 10.3. The Labute approximate surface area is 232 Å². The zero-order valence-corrected chi connectivity index (χ0v) is 22.1. The van der Waals surface area contributed by atoms with E-state index in [1.54, 1.807) is 37.3 Å². The number of fused-ring (bicyclic) bond motifs is 5. The van der Waals surface area contributed by atoms with Gasteiger partial charge in [0.1, 0.15) is 22.7 Å². The van der Waals surface area contributed by atoms with Gasteiger partial charge in [-0.25, -0.2) is 0 Å². The molecule has 4 N–H and O–H groups in total. The third-order valence-corrected chi connectivity index (χ3v) is 8.11. The number of aliphatic imine (C=N–C) groups is 1. The van der Waals surface area contributed by atoms with Crippen LogP contribution >= 0.6 is 0 Å². The number of aromatic hydroxyl groups is 3. The molecular weight excluding hydrogens is 528 g/mol. The first kappa shape index (κ1) is 26.1. The first-order valence-electron chi connectivity index (χ1n) is 13.1. The lowest BCUT2D eigenvalue weighted by atomic mass is 9.76. The van der Waals surface area contributed by atoms with Crippen molar-refractivity contribution in [2.24, 2.45) is 4.99 Å². The molecule has 6 rings (SSSR count). The number of Topliss-reactive ketones (excluding diaryl/α,β-unsaturated/α-hetero) is 4. The minimum Gasteiger partial charge on any atom is -0.507 e. The fourth-order valence-electron chi connectivity index (χ4n) is 6.40. The molecule has 1 spiro atoms. The van der Waals surface area contributed by atoms with E-state index < -0.39 is 80.0 Å². The fourth-order valence-corrected chi connectivity index (χ4v) is 6.40. The third kappa shape index (κ3) is 3.30. The first-order chi connectivity index (χ1) is 19.6. The number of nitrogens with zero attached hydrogens (tertiary/aromatic N) is 1. The highest BCUT2D eigenvalue weighted by Gasteiger charge is 2.61. The van der Waals surface area contributed by atoms with Crippen molar-refractivity contribution in [3.8, 4) is 17.2 Å². The number of phenols is 3. The molecule has 1 atom stereocenters. The van der Waals surface area contributed by atoms with Gasteiger partial charge in [0.2, 0.25) is 5.78 Å². The third-order valence-electron chi connectivity index (χ3n) is 8.11. The number of aromatic nitrogens is 1. The monoisotopic (exact) mass is 552 g/mol. The molecule has 10 nitrogen and oxygen atoms in total. The van der Waals surface area contributed by atoms with Gasteiger partial charge < -0.3 is 20.3 Å². The van der Waals surface area contributed by atoms with Crippen molar-refractivity contribution >= 4 is 45.7 Å². The number of hydrogen-bond donors (Lipinski definition) is 4. The summed E-state index contributed by atoms with van der Waals surface area (Å²) < 4.78 is 0. The lowest BCUT2D eigenvalue weighted by Crippen LogP contribution is -2.36.